The monoisotopic (exact) mass is 412 g/mol. The number of aromatic nitrogens is 2. The third-order valence-corrected chi connectivity index (χ3v) is 5.27. The Morgan fingerprint density at radius 1 is 1.21 bits per heavy atom. The molecule has 0 aliphatic carbocycles. The predicted octanol–water partition coefficient (Wildman–Crippen LogP) is 2.42. The van der Waals surface area contributed by atoms with Crippen molar-refractivity contribution in [2.45, 2.75) is 23.9 Å². The minimum Gasteiger partial charge on any atom is -0.463 e. The van der Waals surface area contributed by atoms with Gasteiger partial charge in [0.05, 0.1) is 18.9 Å². The second-order valence-electron chi connectivity index (χ2n) is 6.49. The van der Waals surface area contributed by atoms with Crippen molar-refractivity contribution in [3.63, 3.8) is 0 Å². The van der Waals surface area contributed by atoms with Crippen molar-refractivity contribution in [3.05, 3.63) is 59.9 Å². The van der Waals surface area contributed by atoms with Crippen LogP contribution in [0.5, 0.6) is 0 Å². The number of nitrogens with zero attached hydrogens (tertiary/aromatic N) is 3. The fourth-order valence-electron chi connectivity index (χ4n) is 2.84. The molecule has 1 aromatic carbocycles. The van der Waals surface area contributed by atoms with E-state index in [1.807, 2.05) is 36.4 Å². The van der Waals surface area contributed by atoms with Crippen LogP contribution >= 0.6 is 0 Å². The molecule has 2 aromatic heterocycles. The summed E-state index contributed by atoms with van der Waals surface area (Å²) in [5.74, 6) is 0.254. The minimum atomic E-state index is -3.80. The van der Waals surface area contributed by atoms with Crippen molar-refractivity contribution in [1.82, 2.24) is 9.97 Å². The molecule has 9 heteroatoms. The average molecular weight is 412 g/mol. The molecule has 3 rings (SSSR count). The molecule has 0 bridgehead atoms. The second-order valence-corrected chi connectivity index (χ2v) is 8.42. The number of rotatable bonds is 8. The lowest BCUT2D eigenvalue weighted by Gasteiger charge is -2.17. The number of nitriles is 1. The fraction of sp³-hybridized carbons (Fsp3) is 0.250. The SMILES string of the molecule is CS(=O)(=O)c1nc(NC(CO)CCc2ccccc2)nc(-c2ccco2)c1C#N. The summed E-state index contributed by atoms with van der Waals surface area (Å²) in [6, 6.07) is 14.4. The molecule has 0 aliphatic heterocycles. The summed E-state index contributed by atoms with van der Waals surface area (Å²) in [5, 5.41) is 21.8. The summed E-state index contributed by atoms with van der Waals surface area (Å²) in [5.41, 5.74) is 1.01. The first-order chi connectivity index (χ1) is 13.9. The Balaban J connectivity index is 1.94. The molecular weight excluding hydrogens is 392 g/mol. The number of anilines is 1. The van der Waals surface area contributed by atoms with Crippen LogP contribution in [-0.2, 0) is 16.3 Å². The van der Waals surface area contributed by atoms with E-state index in [2.05, 4.69) is 15.3 Å². The van der Waals surface area contributed by atoms with Gasteiger partial charge < -0.3 is 14.8 Å². The Kier molecular flexibility index (Phi) is 6.26. The Labute approximate surface area is 168 Å². The van der Waals surface area contributed by atoms with Gasteiger partial charge >= 0.3 is 0 Å². The summed E-state index contributed by atoms with van der Waals surface area (Å²) in [6.07, 6.45) is 3.67. The Morgan fingerprint density at radius 3 is 2.55 bits per heavy atom. The molecule has 150 valence electrons. The first-order valence-electron chi connectivity index (χ1n) is 8.89. The Hall–Kier alpha value is -3.22. The van der Waals surface area contributed by atoms with Crippen LogP contribution < -0.4 is 5.32 Å². The number of furan rings is 1. The number of benzene rings is 1. The van der Waals surface area contributed by atoms with Gasteiger partial charge in [-0.25, -0.2) is 13.4 Å². The smallest absolute Gasteiger partial charge is 0.224 e. The molecule has 8 nitrogen and oxygen atoms in total. The number of hydrogen-bond donors (Lipinski definition) is 2. The summed E-state index contributed by atoms with van der Waals surface area (Å²) < 4.78 is 29.7. The number of hydrogen-bond acceptors (Lipinski definition) is 8. The molecule has 0 spiro atoms. The van der Waals surface area contributed by atoms with Crippen LogP contribution in [0.2, 0.25) is 0 Å². The van der Waals surface area contributed by atoms with E-state index in [1.54, 1.807) is 12.1 Å². The maximum atomic E-state index is 12.2. The normalized spacial score (nSPS) is 12.3. The highest BCUT2D eigenvalue weighted by Crippen LogP contribution is 2.27. The van der Waals surface area contributed by atoms with Gasteiger partial charge in [0.25, 0.3) is 0 Å². The van der Waals surface area contributed by atoms with Gasteiger partial charge in [0.2, 0.25) is 5.95 Å². The Bertz CT molecular complexity index is 1110. The lowest BCUT2D eigenvalue weighted by atomic mass is 10.1. The standard InChI is InChI=1S/C20H20N4O4S/c1-29(26,27)19-16(12-21)18(17-8-5-11-28-17)23-20(24-19)22-15(13-25)10-9-14-6-3-2-4-7-14/h2-8,11,15,25H,9-10,13H2,1H3,(H,22,23,24). The van der Waals surface area contributed by atoms with Crippen molar-refractivity contribution < 1.29 is 17.9 Å². The molecule has 3 aromatic rings. The fourth-order valence-corrected chi connectivity index (χ4v) is 3.61. The van der Waals surface area contributed by atoms with Crippen molar-refractivity contribution in [2.24, 2.45) is 0 Å². The van der Waals surface area contributed by atoms with E-state index < -0.39 is 15.9 Å². The second kappa shape index (κ2) is 8.86. The van der Waals surface area contributed by atoms with Crippen molar-refractivity contribution in [1.29, 1.82) is 5.26 Å². The number of aliphatic hydroxyl groups excluding tert-OH is 1. The molecule has 0 radical (unpaired) electrons. The van der Waals surface area contributed by atoms with Gasteiger partial charge in [0, 0.05) is 6.26 Å². The van der Waals surface area contributed by atoms with Gasteiger partial charge in [-0.1, -0.05) is 30.3 Å². The molecule has 2 heterocycles. The van der Waals surface area contributed by atoms with E-state index in [-0.39, 0.29) is 34.6 Å². The van der Waals surface area contributed by atoms with Crippen molar-refractivity contribution >= 4 is 15.8 Å². The molecule has 0 saturated carbocycles. The van der Waals surface area contributed by atoms with Gasteiger partial charge in [0.15, 0.2) is 20.6 Å². The van der Waals surface area contributed by atoms with Crippen molar-refractivity contribution in [2.75, 3.05) is 18.2 Å². The van der Waals surface area contributed by atoms with E-state index in [1.165, 1.54) is 6.26 Å². The first kappa shape index (κ1) is 20.5. The van der Waals surface area contributed by atoms with Gasteiger partial charge in [-0.2, -0.15) is 10.2 Å². The zero-order valence-corrected chi connectivity index (χ0v) is 16.6. The van der Waals surface area contributed by atoms with E-state index >= 15 is 0 Å². The first-order valence-corrected chi connectivity index (χ1v) is 10.8. The number of aliphatic hydroxyl groups is 1. The number of nitrogens with one attached hydrogen (secondary N) is 1. The van der Waals surface area contributed by atoms with E-state index in [4.69, 9.17) is 4.42 Å². The van der Waals surface area contributed by atoms with Crippen LogP contribution in [-0.4, -0.2) is 42.4 Å². The molecule has 1 unspecified atom stereocenters. The van der Waals surface area contributed by atoms with Gasteiger partial charge in [-0.3, -0.25) is 0 Å². The van der Waals surface area contributed by atoms with Crippen LogP contribution in [0.15, 0.2) is 58.2 Å². The summed E-state index contributed by atoms with van der Waals surface area (Å²) >= 11 is 0. The summed E-state index contributed by atoms with van der Waals surface area (Å²) in [7, 11) is -3.80. The number of sulfone groups is 1. The van der Waals surface area contributed by atoms with Crippen molar-refractivity contribution in [3.8, 4) is 17.5 Å². The number of aryl methyl sites for hydroxylation is 1. The molecule has 0 aliphatic rings. The van der Waals surface area contributed by atoms with Crippen LogP contribution in [0.4, 0.5) is 5.95 Å². The molecule has 0 amide bonds. The zero-order valence-electron chi connectivity index (χ0n) is 15.7. The van der Waals surface area contributed by atoms with Crippen LogP contribution in [0.3, 0.4) is 0 Å². The van der Waals surface area contributed by atoms with Crippen LogP contribution in [0, 0.1) is 11.3 Å². The molecule has 29 heavy (non-hydrogen) atoms. The van der Waals surface area contributed by atoms with E-state index in [9.17, 15) is 18.8 Å². The lowest BCUT2D eigenvalue weighted by molar-refractivity contribution is 0.268. The largest absolute Gasteiger partial charge is 0.463 e. The van der Waals surface area contributed by atoms with Gasteiger partial charge in [-0.05, 0) is 30.5 Å². The molecule has 2 N–H and O–H groups in total. The summed E-state index contributed by atoms with van der Waals surface area (Å²) in [6.45, 7) is -0.194. The van der Waals surface area contributed by atoms with Crippen LogP contribution in [0.25, 0.3) is 11.5 Å². The maximum Gasteiger partial charge on any atom is 0.224 e. The summed E-state index contributed by atoms with van der Waals surface area (Å²) in [4.78, 5) is 8.33. The highest BCUT2D eigenvalue weighted by molar-refractivity contribution is 7.90. The Morgan fingerprint density at radius 2 is 1.97 bits per heavy atom. The molecule has 0 fully saturated rings. The maximum absolute atomic E-state index is 12.2. The highest BCUT2D eigenvalue weighted by Gasteiger charge is 2.24. The van der Waals surface area contributed by atoms with Gasteiger partial charge in [0.1, 0.15) is 17.3 Å². The minimum absolute atomic E-state index is 0.00272. The quantitative estimate of drug-likeness (QED) is 0.540. The zero-order chi connectivity index (χ0) is 20.9. The molecule has 1 atom stereocenters. The van der Waals surface area contributed by atoms with E-state index in [0.717, 1.165) is 11.8 Å². The third kappa shape index (κ3) is 4.99. The topological polar surface area (TPSA) is 129 Å². The highest BCUT2D eigenvalue weighted by atomic mass is 32.2. The molecular formula is C20H20N4O4S. The van der Waals surface area contributed by atoms with E-state index in [0.29, 0.717) is 12.8 Å². The van der Waals surface area contributed by atoms with Crippen LogP contribution in [0.1, 0.15) is 17.5 Å². The molecule has 0 saturated heterocycles. The predicted molar refractivity (Wildman–Crippen MR) is 107 cm³/mol. The van der Waals surface area contributed by atoms with Gasteiger partial charge in [-0.15, -0.1) is 0 Å². The third-order valence-electron chi connectivity index (χ3n) is 4.27. The lowest BCUT2D eigenvalue weighted by Crippen LogP contribution is -2.26. The average Bonchev–Trinajstić information content (AvgIpc) is 3.25.